The molecule has 2 N–H and O–H groups in total. The van der Waals surface area contributed by atoms with Gasteiger partial charge in [0.15, 0.2) is 0 Å². The van der Waals surface area contributed by atoms with E-state index < -0.39 is 5.97 Å². The van der Waals surface area contributed by atoms with Gasteiger partial charge in [-0.2, -0.15) is 0 Å². The molecular weight excluding hydrogens is 202 g/mol. The van der Waals surface area contributed by atoms with Crippen LogP contribution in [0.4, 0.5) is 0 Å². The van der Waals surface area contributed by atoms with Crippen LogP contribution in [0.1, 0.15) is 18.1 Å². The summed E-state index contributed by atoms with van der Waals surface area (Å²) in [6.07, 6.45) is 2.53. The smallest absolute Gasteiger partial charge is 0.306 e. The van der Waals surface area contributed by atoms with Crippen molar-refractivity contribution in [3.05, 3.63) is 35.5 Å². The first-order valence-electron chi connectivity index (χ1n) is 5.38. The standard InChI is InChI=1S/C13H15NO2/c1-8(13(15)16)6-10-4-3-5-11-12(10)9(2)7-14-11/h3-5,7-8,14H,6H2,1-2H3,(H,15,16). The largest absolute Gasteiger partial charge is 0.481 e. The highest BCUT2D eigenvalue weighted by atomic mass is 16.4. The molecule has 0 saturated carbocycles. The minimum Gasteiger partial charge on any atom is -0.481 e. The number of hydrogen-bond acceptors (Lipinski definition) is 1. The normalized spacial score (nSPS) is 12.9. The Bertz CT molecular complexity index is 528. The topological polar surface area (TPSA) is 53.1 Å². The third kappa shape index (κ3) is 1.81. The number of fused-ring (bicyclic) bond motifs is 1. The first-order chi connectivity index (χ1) is 7.59. The predicted molar refractivity (Wildman–Crippen MR) is 63.5 cm³/mol. The van der Waals surface area contributed by atoms with E-state index in [0.717, 1.165) is 16.5 Å². The summed E-state index contributed by atoms with van der Waals surface area (Å²) in [5, 5.41) is 10.1. The number of carbonyl (C=O) groups is 1. The average molecular weight is 217 g/mol. The fourth-order valence-corrected chi connectivity index (χ4v) is 2.03. The molecule has 0 aliphatic rings. The van der Waals surface area contributed by atoms with Crippen LogP contribution in [0.2, 0.25) is 0 Å². The predicted octanol–water partition coefficient (Wildman–Crippen LogP) is 2.74. The Labute approximate surface area is 94.1 Å². The Kier molecular flexibility index (Phi) is 2.69. The van der Waals surface area contributed by atoms with Crippen LogP contribution in [-0.4, -0.2) is 16.1 Å². The third-order valence-corrected chi connectivity index (χ3v) is 2.94. The zero-order valence-electron chi connectivity index (χ0n) is 9.45. The maximum atomic E-state index is 10.9. The molecule has 1 unspecified atom stereocenters. The molecule has 0 saturated heterocycles. The highest BCUT2D eigenvalue weighted by Gasteiger charge is 2.14. The second kappa shape index (κ2) is 4.00. The summed E-state index contributed by atoms with van der Waals surface area (Å²) in [5.74, 6) is -1.09. The van der Waals surface area contributed by atoms with Gasteiger partial charge < -0.3 is 10.1 Å². The van der Waals surface area contributed by atoms with Gasteiger partial charge >= 0.3 is 5.97 Å². The quantitative estimate of drug-likeness (QED) is 0.830. The van der Waals surface area contributed by atoms with Gasteiger partial charge in [-0.05, 0) is 30.5 Å². The molecule has 0 spiro atoms. The zero-order chi connectivity index (χ0) is 11.7. The lowest BCUT2D eigenvalue weighted by molar-refractivity contribution is -0.141. The molecule has 2 rings (SSSR count). The number of aromatic amines is 1. The van der Waals surface area contributed by atoms with Crippen LogP contribution in [0, 0.1) is 12.8 Å². The molecule has 0 fully saturated rings. The van der Waals surface area contributed by atoms with Crippen molar-refractivity contribution >= 4 is 16.9 Å². The Morgan fingerprint density at radius 1 is 1.50 bits per heavy atom. The Balaban J connectivity index is 2.44. The highest BCUT2D eigenvalue weighted by molar-refractivity contribution is 5.86. The van der Waals surface area contributed by atoms with Crippen LogP contribution in [-0.2, 0) is 11.2 Å². The van der Waals surface area contributed by atoms with E-state index in [1.54, 1.807) is 6.92 Å². The van der Waals surface area contributed by atoms with Gasteiger partial charge in [-0.25, -0.2) is 0 Å². The number of hydrogen-bond donors (Lipinski definition) is 2. The molecule has 16 heavy (non-hydrogen) atoms. The van der Waals surface area contributed by atoms with Crippen LogP contribution in [0.3, 0.4) is 0 Å². The second-order valence-electron chi connectivity index (χ2n) is 4.25. The Morgan fingerprint density at radius 2 is 2.25 bits per heavy atom. The minimum absolute atomic E-state index is 0.347. The van der Waals surface area contributed by atoms with Crippen molar-refractivity contribution in [3.63, 3.8) is 0 Å². The van der Waals surface area contributed by atoms with Crippen LogP contribution >= 0.6 is 0 Å². The first-order valence-corrected chi connectivity index (χ1v) is 5.38. The van der Waals surface area contributed by atoms with E-state index >= 15 is 0 Å². The van der Waals surface area contributed by atoms with Gasteiger partial charge in [-0.1, -0.05) is 19.1 Å². The fourth-order valence-electron chi connectivity index (χ4n) is 2.03. The van der Waals surface area contributed by atoms with E-state index in [9.17, 15) is 4.79 Å². The number of aromatic nitrogens is 1. The van der Waals surface area contributed by atoms with Crippen molar-refractivity contribution in [1.29, 1.82) is 0 Å². The summed E-state index contributed by atoms with van der Waals surface area (Å²) < 4.78 is 0. The molecule has 2 aromatic rings. The average Bonchev–Trinajstić information content (AvgIpc) is 2.61. The summed E-state index contributed by atoms with van der Waals surface area (Å²) in [4.78, 5) is 14.0. The number of carboxylic acids is 1. The SMILES string of the molecule is Cc1c[nH]c2cccc(CC(C)C(=O)O)c12. The molecule has 3 nitrogen and oxygen atoms in total. The number of nitrogens with one attached hydrogen (secondary N) is 1. The number of H-pyrrole nitrogens is 1. The Morgan fingerprint density at radius 3 is 2.94 bits per heavy atom. The molecule has 84 valence electrons. The van der Waals surface area contributed by atoms with E-state index in [2.05, 4.69) is 4.98 Å². The lowest BCUT2D eigenvalue weighted by atomic mass is 9.97. The van der Waals surface area contributed by atoms with Crippen molar-refractivity contribution in [1.82, 2.24) is 4.98 Å². The number of aliphatic carboxylic acids is 1. The zero-order valence-corrected chi connectivity index (χ0v) is 9.45. The van der Waals surface area contributed by atoms with E-state index in [0.29, 0.717) is 6.42 Å². The summed E-state index contributed by atoms with van der Waals surface area (Å²) >= 11 is 0. The summed E-state index contributed by atoms with van der Waals surface area (Å²) in [6, 6.07) is 5.97. The summed E-state index contributed by atoms with van der Waals surface area (Å²) in [6.45, 7) is 3.77. The van der Waals surface area contributed by atoms with Crippen molar-refractivity contribution in [2.45, 2.75) is 20.3 Å². The maximum Gasteiger partial charge on any atom is 0.306 e. The second-order valence-corrected chi connectivity index (χ2v) is 4.25. The van der Waals surface area contributed by atoms with Crippen LogP contribution in [0.5, 0.6) is 0 Å². The summed E-state index contributed by atoms with van der Waals surface area (Å²) in [5.41, 5.74) is 3.35. The van der Waals surface area contributed by atoms with Crippen molar-refractivity contribution in [2.75, 3.05) is 0 Å². The van der Waals surface area contributed by atoms with Crippen LogP contribution in [0.15, 0.2) is 24.4 Å². The van der Waals surface area contributed by atoms with Gasteiger partial charge in [0.05, 0.1) is 5.92 Å². The molecule has 0 radical (unpaired) electrons. The molecule has 1 heterocycles. The number of benzene rings is 1. The van der Waals surface area contributed by atoms with Crippen molar-refractivity contribution < 1.29 is 9.90 Å². The lowest BCUT2D eigenvalue weighted by Crippen LogP contribution is -2.12. The third-order valence-electron chi connectivity index (χ3n) is 2.94. The van der Waals surface area contributed by atoms with Crippen molar-refractivity contribution in [2.24, 2.45) is 5.92 Å². The molecule has 0 bridgehead atoms. The van der Waals surface area contributed by atoms with E-state index in [1.807, 2.05) is 31.3 Å². The molecule has 1 atom stereocenters. The van der Waals surface area contributed by atoms with E-state index in [4.69, 9.17) is 5.11 Å². The Hall–Kier alpha value is -1.77. The number of aryl methyl sites for hydroxylation is 1. The number of carboxylic acid groups (broad SMARTS) is 1. The molecular formula is C13H15NO2. The monoisotopic (exact) mass is 217 g/mol. The molecule has 3 heteroatoms. The summed E-state index contributed by atoms with van der Waals surface area (Å²) in [7, 11) is 0. The minimum atomic E-state index is -0.745. The first kappa shape index (κ1) is 10.7. The molecule has 0 amide bonds. The van der Waals surface area contributed by atoms with Gasteiger partial charge in [0.2, 0.25) is 0 Å². The van der Waals surface area contributed by atoms with E-state index in [1.165, 1.54) is 5.56 Å². The van der Waals surface area contributed by atoms with Gasteiger partial charge in [-0.15, -0.1) is 0 Å². The van der Waals surface area contributed by atoms with Gasteiger partial charge in [0, 0.05) is 17.1 Å². The van der Waals surface area contributed by atoms with Gasteiger partial charge in [0.1, 0.15) is 0 Å². The maximum absolute atomic E-state index is 10.9. The van der Waals surface area contributed by atoms with E-state index in [-0.39, 0.29) is 5.92 Å². The molecule has 1 aromatic heterocycles. The molecule has 1 aromatic carbocycles. The van der Waals surface area contributed by atoms with Crippen LogP contribution in [0.25, 0.3) is 10.9 Å². The van der Waals surface area contributed by atoms with Crippen LogP contribution < -0.4 is 0 Å². The molecule has 0 aliphatic heterocycles. The highest BCUT2D eigenvalue weighted by Crippen LogP contribution is 2.24. The van der Waals surface area contributed by atoms with Crippen molar-refractivity contribution in [3.8, 4) is 0 Å². The number of rotatable bonds is 3. The van der Waals surface area contributed by atoms with Gasteiger partial charge in [-0.3, -0.25) is 4.79 Å². The van der Waals surface area contributed by atoms with Gasteiger partial charge in [0.25, 0.3) is 0 Å². The molecule has 0 aliphatic carbocycles. The fraction of sp³-hybridized carbons (Fsp3) is 0.308. The lowest BCUT2D eigenvalue weighted by Gasteiger charge is -2.08.